The summed E-state index contributed by atoms with van der Waals surface area (Å²) in [6.45, 7) is 3.44. The third-order valence-corrected chi connectivity index (χ3v) is 3.70. The first-order chi connectivity index (χ1) is 11.0. The van der Waals surface area contributed by atoms with Gasteiger partial charge in [-0.25, -0.2) is 0 Å². The molecule has 0 heterocycles. The van der Waals surface area contributed by atoms with Gasteiger partial charge in [0.15, 0.2) is 0 Å². The quantitative estimate of drug-likeness (QED) is 0.858. The minimum Gasteiger partial charge on any atom is -0.469 e. The van der Waals surface area contributed by atoms with Gasteiger partial charge in [0, 0.05) is 18.5 Å². The van der Waals surface area contributed by atoms with Gasteiger partial charge >= 0.3 is 5.97 Å². The summed E-state index contributed by atoms with van der Waals surface area (Å²) in [7, 11) is 1.38. The number of rotatable bonds is 5. The van der Waals surface area contributed by atoms with Gasteiger partial charge in [0.25, 0.3) is 0 Å². The van der Waals surface area contributed by atoms with Crippen LogP contribution in [0.2, 0.25) is 0 Å². The molecule has 0 aliphatic carbocycles. The van der Waals surface area contributed by atoms with Crippen LogP contribution in [0.5, 0.6) is 0 Å². The Kier molecular flexibility index (Phi) is 5.52. The highest BCUT2D eigenvalue weighted by molar-refractivity contribution is 5.90. The summed E-state index contributed by atoms with van der Waals surface area (Å²) in [6, 6.07) is 15.6. The number of carbonyl (C=O) groups excluding carboxylic acids is 2. The molecule has 120 valence electrons. The number of methoxy groups -OCH3 is 1. The van der Waals surface area contributed by atoms with Crippen LogP contribution in [0.4, 0.5) is 5.69 Å². The highest BCUT2D eigenvalue weighted by Gasteiger charge is 2.22. The maximum atomic E-state index is 11.9. The molecule has 4 heteroatoms. The van der Waals surface area contributed by atoms with E-state index in [9.17, 15) is 9.59 Å². The maximum absolute atomic E-state index is 11.9. The molecule has 0 fully saturated rings. The Morgan fingerprint density at radius 1 is 1.13 bits per heavy atom. The van der Waals surface area contributed by atoms with Crippen molar-refractivity contribution in [1.29, 1.82) is 0 Å². The summed E-state index contributed by atoms with van der Waals surface area (Å²) < 4.78 is 4.84. The number of amides is 1. The van der Waals surface area contributed by atoms with Gasteiger partial charge in [-0.1, -0.05) is 42.5 Å². The van der Waals surface area contributed by atoms with Gasteiger partial charge in [-0.15, -0.1) is 0 Å². The van der Waals surface area contributed by atoms with E-state index in [0.717, 1.165) is 22.4 Å². The lowest BCUT2D eigenvalue weighted by Gasteiger charge is -2.21. The fourth-order valence-electron chi connectivity index (χ4n) is 2.61. The van der Waals surface area contributed by atoms with Crippen molar-refractivity contribution in [2.24, 2.45) is 0 Å². The van der Waals surface area contributed by atoms with Crippen LogP contribution >= 0.6 is 0 Å². The molecule has 2 aromatic rings. The molecule has 0 spiro atoms. The van der Waals surface area contributed by atoms with Crippen LogP contribution in [0.3, 0.4) is 0 Å². The van der Waals surface area contributed by atoms with Gasteiger partial charge in [-0.2, -0.15) is 0 Å². The minimum absolute atomic E-state index is 0.137. The van der Waals surface area contributed by atoms with Crippen molar-refractivity contribution in [1.82, 2.24) is 0 Å². The number of anilines is 1. The summed E-state index contributed by atoms with van der Waals surface area (Å²) in [5.74, 6) is -0.596. The lowest BCUT2D eigenvalue weighted by atomic mass is 9.87. The standard InChI is InChI=1S/C19H21NO3/c1-13-9-10-16(18(11-13)20-14(2)21)17(12-19(22)23-3)15-7-5-4-6-8-15/h4-11,17H,12H2,1-3H3,(H,20,21)/t17-/m0/s1. The molecule has 0 bridgehead atoms. The van der Waals surface area contributed by atoms with E-state index in [1.165, 1.54) is 14.0 Å². The fraction of sp³-hybridized carbons (Fsp3) is 0.263. The van der Waals surface area contributed by atoms with Gasteiger partial charge in [0.05, 0.1) is 13.5 Å². The molecule has 2 rings (SSSR count). The summed E-state index contributed by atoms with van der Waals surface area (Å²) in [6.07, 6.45) is 0.218. The highest BCUT2D eigenvalue weighted by atomic mass is 16.5. The number of ether oxygens (including phenoxy) is 1. The molecule has 1 atom stereocenters. The zero-order valence-electron chi connectivity index (χ0n) is 13.6. The van der Waals surface area contributed by atoms with E-state index in [1.807, 2.05) is 55.5 Å². The molecule has 2 aromatic carbocycles. The molecule has 1 amide bonds. The van der Waals surface area contributed by atoms with E-state index in [1.54, 1.807) is 0 Å². The maximum Gasteiger partial charge on any atom is 0.306 e. The van der Waals surface area contributed by atoms with Crippen molar-refractivity contribution in [2.75, 3.05) is 12.4 Å². The summed E-state index contributed by atoms with van der Waals surface area (Å²) >= 11 is 0. The molecule has 0 unspecified atom stereocenters. The molecular weight excluding hydrogens is 290 g/mol. The highest BCUT2D eigenvalue weighted by Crippen LogP contribution is 2.34. The molecule has 0 aliphatic heterocycles. The molecule has 0 radical (unpaired) electrons. The van der Waals surface area contributed by atoms with Crippen molar-refractivity contribution in [3.05, 3.63) is 65.2 Å². The number of nitrogens with one attached hydrogen (secondary N) is 1. The topological polar surface area (TPSA) is 55.4 Å². The van der Waals surface area contributed by atoms with E-state index in [2.05, 4.69) is 5.32 Å². The zero-order chi connectivity index (χ0) is 16.8. The van der Waals surface area contributed by atoms with Crippen LogP contribution < -0.4 is 5.32 Å². The van der Waals surface area contributed by atoms with Crippen LogP contribution in [0.25, 0.3) is 0 Å². The average molecular weight is 311 g/mol. The second-order valence-electron chi connectivity index (χ2n) is 5.52. The van der Waals surface area contributed by atoms with Crippen molar-refractivity contribution < 1.29 is 14.3 Å². The van der Waals surface area contributed by atoms with Gasteiger partial charge in [-0.05, 0) is 29.7 Å². The van der Waals surface area contributed by atoms with Gasteiger partial charge in [0.2, 0.25) is 5.91 Å². The number of carbonyl (C=O) groups is 2. The van der Waals surface area contributed by atoms with E-state index >= 15 is 0 Å². The molecule has 0 aromatic heterocycles. The molecular formula is C19H21NO3. The minimum atomic E-state index is -0.284. The van der Waals surface area contributed by atoms with Crippen LogP contribution in [0.15, 0.2) is 48.5 Å². The molecule has 23 heavy (non-hydrogen) atoms. The predicted octanol–water partition coefficient (Wildman–Crippen LogP) is 3.65. The number of benzene rings is 2. The third kappa shape index (κ3) is 4.42. The number of aryl methyl sites for hydroxylation is 1. The Morgan fingerprint density at radius 2 is 1.83 bits per heavy atom. The Balaban J connectivity index is 2.50. The first kappa shape index (κ1) is 16.7. The zero-order valence-corrected chi connectivity index (χ0v) is 13.6. The first-order valence-corrected chi connectivity index (χ1v) is 7.51. The molecule has 4 nitrogen and oxygen atoms in total. The number of esters is 1. The van der Waals surface area contributed by atoms with Crippen molar-refractivity contribution in [3.63, 3.8) is 0 Å². The summed E-state index contributed by atoms with van der Waals surface area (Å²) in [5.41, 5.74) is 3.69. The first-order valence-electron chi connectivity index (χ1n) is 7.51. The molecule has 0 aliphatic rings. The Morgan fingerprint density at radius 3 is 2.43 bits per heavy atom. The predicted molar refractivity (Wildman–Crippen MR) is 90.4 cm³/mol. The SMILES string of the molecule is COC(=O)C[C@@H](c1ccccc1)c1ccc(C)cc1NC(C)=O. The molecule has 0 saturated heterocycles. The normalized spacial score (nSPS) is 11.6. The van der Waals surface area contributed by atoms with Gasteiger partial charge in [-0.3, -0.25) is 9.59 Å². The number of hydrogen-bond acceptors (Lipinski definition) is 3. The van der Waals surface area contributed by atoms with Crippen LogP contribution in [0, 0.1) is 6.92 Å². The second-order valence-corrected chi connectivity index (χ2v) is 5.52. The Hall–Kier alpha value is -2.62. The summed E-state index contributed by atoms with van der Waals surface area (Å²) in [5, 5.41) is 2.86. The lowest BCUT2D eigenvalue weighted by Crippen LogP contribution is -2.14. The van der Waals surface area contributed by atoms with Crippen LogP contribution in [0.1, 0.15) is 36.0 Å². The lowest BCUT2D eigenvalue weighted by molar-refractivity contribution is -0.140. The van der Waals surface area contributed by atoms with Crippen molar-refractivity contribution in [2.45, 2.75) is 26.2 Å². The van der Waals surface area contributed by atoms with Crippen LogP contribution in [-0.2, 0) is 14.3 Å². The van der Waals surface area contributed by atoms with E-state index < -0.39 is 0 Å². The Bertz CT molecular complexity index is 695. The van der Waals surface area contributed by atoms with Gasteiger partial charge in [0.1, 0.15) is 0 Å². The largest absolute Gasteiger partial charge is 0.469 e. The monoisotopic (exact) mass is 311 g/mol. The average Bonchev–Trinajstić information content (AvgIpc) is 2.53. The van der Waals surface area contributed by atoms with E-state index in [0.29, 0.717) is 0 Å². The number of hydrogen-bond donors (Lipinski definition) is 1. The Labute approximate surface area is 136 Å². The smallest absolute Gasteiger partial charge is 0.306 e. The van der Waals surface area contributed by atoms with Gasteiger partial charge < -0.3 is 10.1 Å². The van der Waals surface area contributed by atoms with E-state index in [4.69, 9.17) is 4.74 Å². The second kappa shape index (κ2) is 7.58. The molecule has 1 N–H and O–H groups in total. The van der Waals surface area contributed by atoms with E-state index in [-0.39, 0.29) is 24.2 Å². The summed E-state index contributed by atoms with van der Waals surface area (Å²) in [4.78, 5) is 23.4. The third-order valence-electron chi connectivity index (χ3n) is 3.70. The van der Waals surface area contributed by atoms with Crippen molar-refractivity contribution in [3.8, 4) is 0 Å². The van der Waals surface area contributed by atoms with Crippen LogP contribution in [-0.4, -0.2) is 19.0 Å². The van der Waals surface area contributed by atoms with Crippen molar-refractivity contribution >= 4 is 17.6 Å². The molecule has 0 saturated carbocycles. The fourth-order valence-corrected chi connectivity index (χ4v) is 2.61.